The molecule has 0 bridgehead atoms. The molecule has 0 saturated carbocycles. The number of primary amides is 1. The van der Waals surface area contributed by atoms with Crippen molar-refractivity contribution in [2.24, 2.45) is 11.7 Å². The maximum absolute atomic E-state index is 13.0. The van der Waals surface area contributed by atoms with Crippen molar-refractivity contribution < 1.29 is 19.4 Å². The van der Waals surface area contributed by atoms with E-state index in [0.717, 1.165) is 12.0 Å². The van der Waals surface area contributed by atoms with Gasteiger partial charge in [0.15, 0.2) is 0 Å². The minimum Gasteiger partial charge on any atom is -0.457 e. The Bertz CT molecular complexity index is 984. The van der Waals surface area contributed by atoms with Crippen LogP contribution in [0.15, 0.2) is 36.4 Å². The molecule has 2 amide bonds. The summed E-state index contributed by atoms with van der Waals surface area (Å²) in [5.74, 6) is 0.350. The molecule has 0 radical (unpaired) electrons. The van der Waals surface area contributed by atoms with Crippen LogP contribution in [-0.4, -0.2) is 52.7 Å². The Hall–Kier alpha value is -2.32. The Morgan fingerprint density at radius 2 is 1.66 bits per heavy atom. The lowest BCUT2D eigenvalue weighted by Crippen LogP contribution is -2.49. The van der Waals surface area contributed by atoms with E-state index in [2.05, 4.69) is 0 Å². The van der Waals surface area contributed by atoms with Gasteiger partial charge in [-0.05, 0) is 67.6 Å². The van der Waals surface area contributed by atoms with Crippen LogP contribution in [0.2, 0.25) is 10.0 Å². The topological polar surface area (TPSA) is 96.1 Å². The van der Waals surface area contributed by atoms with Crippen LogP contribution in [-0.2, 0) is 11.2 Å². The number of aliphatic hydroxyl groups is 1. The van der Waals surface area contributed by atoms with Gasteiger partial charge in [0.25, 0.3) is 0 Å². The Morgan fingerprint density at radius 1 is 1.03 bits per heavy atom. The first-order valence-electron chi connectivity index (χ1n) is 10.6. The van der Waals surface area contributed by atoms with E-state index < -0.39 is 5.91 Å². The number of carbonyl (C=O) groups is 2. The minimum atomic E-state index is -0.509. The molecule has 170 valence electrons. The normalized spacial score (nSPS) is 20.0. The highest BCUT2D eigenvalue weighted by Gasteiger charge is 2.37. The number of hydrazine groups is 1. The molecule has 1 atom stereocenters. The summed E-state index contributed by atoms with van der Waals surface area (Å²) in [4.78, 5) is 24.2. The van der Waals surface area contributed by atoms with E-state index in [9.17, 15) is 14.7 Å². The van der Waals surface area contributed by atoms with Gasteiger partial charge >= 0.3 is 0 Å². The molecule has 3 N–H and O–H groups in total. The van der Waals surface area contributed by atoms with Gasteiger partial charge in [0.05, 0.1) is 6.10 Å². The van der Waals surface area contributed by atoms with Crippen LogP contribution < -0.4 is 10.5 Å². The smallest absolute Gasteiger partial charge is 0.248 e. The fourth-order valence-electron chi connectivity index (χ4n) is 4.19. The summed E-state index contributed by atoms with van der Waals surface area (Å²) >= 11 is 13.0. The van der Waals surface area contributed by atoms with Gasteiger partial charge in [0, 0.05) is 41.2 Å². The Kier molecular flexibility index (Phi) is 6.90. The molecule has 0 aliphatic carbocycles. The van der Waals surface area contributed by atoms with Crippen LogP contribution in [0, 0.1) is 5.92 Å². The molecule has 7 nitrogen and oxygen atoms in total. The van der Waals surface area contributed by atoms with Crippen LogP contribution in [0.5, 0.6) is 11.5 Å². The number of benzene rings is 2. The molecule has 2 aromatic rings. The Morgan fingerprint density at radius 3 is 2.25 bits per heavy atom. The maximum Gasteiger partial charge on any atom is 0.248 e. The van der Waals surface area contributed by atoms with E-state index in [1.54, 1.807) is 36.4 Å². The summed E-state index contributed by atoms with van der Waals surface area (Å²) in [5, 5.41) is 14.4. The molecule has 2 aliphatic rings. The average molecular weight is 478 g/mol. The number of halogens is 2. The van der Waals surface area contributed by atoms with Crippen LogP contribution >= 0.6 is 23.2 Å². The highest BCUT2D eigenvalue weighted by Crippen LogP contribution is 2.36. The first kappa shape index (κ1) is 22.9. The van der Waals surface area contributed by atoms with Crippen LogP contribution in [0.3, 0.4) is 0 Å². The van der Waals surface area contributed by atoms with Gasteiger partial charge in [-0.2, -0.15) is 0 Å². The first-order chi connectivity index (χ1) is 15.3. The zero-order chi connectivity index (χ0) is 22.8. The Balaban J connectivity index is 1.42. The van der Waals surface area contributed by atoms with Gasteiger partial charge < -0.3 is 15.6 Å². The second-order valence-corrected chi connectivity index (χ2v) is 9.01. The van der Waals surface area contributed by atoms with Gasteiger partial charge in [0.1, 0.15) is 11.5 Å². The lowest BCUT2D eigenvalue weighted by Gasteiger charge is -2.36. The number of nitrogens with two attached hydrogens (primary N) is 1. The van der Waals surface area contributed by atoms with Crippen LogP contribution in [0.4, 0.5) is 0 Å². The molecule has 32 heavy (non-hydrogen) atoms. The second kappa shape index (κ2) is 9.67. The van der Waals surface area contributed by atoms with E-state index in [0.29, 0.717) is 66.0 Å². The van der Waals surface area contributed by atoms with E-state index in [1.165, 1.54) is 0 Å². The summed E-state index contributed by atoms with van der Waals surface area (Å²) in [6.07, 6.45) is 2.27. The van der Waals surface area contributed by atoms with Crippen molar-refractivity contribution in [3.05, 3.63) is 57.6 Å². The molecule has 0 spiro atoms. The van der Waals surface area contributed by atoms with Gasteiger partial charge in [-0.1, -0.05) is 23.2 Å². The van der Waals surface area contributed by atoms with Crippen molar-refractivity contribution in [3.8, 4) is 11.5 Å². The predicted molar refractivity (Wildman–Crippen MR) is 122 cm³/mol. The first-order valence-corrected chi connectivity index (χ1v) is 11.4. The summed E-state index contributed by atoms with van der Waals surface area (Å²) < 4.78 is 5.80. The summed E-state index contributed by atoms with van der Waals surface area (Å²) in [7, 11) is 0. The monoisotopic (exact) mass is 477 g/mol. The zero-order valence-electron chi connectivity index (χ0n) is 17.5. The molecule has 1 unspecified atom stereocenters. The van der Waals surface area contributed by atoms with Gasteiger partial charge in [0.2, 0.25) is 11.8 Å². The largest absolute Gasteiger partial charge is 0.457 e. The molecule has 4 rings (SSSR count). The number of amides is 2. The fraction of sp³-hybridized carbons (Fsp3) is 0.391. The second-order valence-electron chi connectivity index (χ2n) is 8.19. The average Bonchev–Trinajstić information content (AvgIpc) is 3.12. The molecule has 0 aromatic heterocycles. The molecule has 9 heteroatoms. The van der Waals surface area contributed by atoms with Crippen molar-refractivity contribution in [1.82, 2.24) is 10.0 Å². The third kappa shape index (κ3) is 5.02. The van der Waals surface area contributed by atoms with Crippen molar-refractivity contribution in [1.29, 1.82) is 0 Å². The molecule has 2 saturated heterocycles. The summed E-state index contributed by atoms with van der Waals surface area (Å²) in [6, 6.07) is 9.79. The number of aliphatic hydroxyl groups excluding tert-OH is 1. The lowest BCUT2D eigenvalue weighted by atomic mass is 9.98. The quantitative estimate of drug-likeness (QED) is 0.661. The summed E-state index contributed by atoms with van der Waals surface area (Å²) in [6.45, 7) is 2.04. The van der Waals surface area contributed by atoms with Gasteiger partial charge in [-0.3, -0.25) is 14.6 Å². The number of hydrogen-bond acceptors (Lipinski definition) is 5. The maximum atomic E-state index is 13.0. The molecular weight excluding hydrogens is 453 g/mol. The predicted octanol–water partition coefficient (Wildman–Crippen LogP) is 3.65. The van der Waals surface area contributed by atoms with Crippen molar-refractivity contribution >= 4 is 35.0 Å². The number of ether oxygens (including phenoxy) is 1. The number of hydrogen-bond donors (Lipinski definition) is 2. The van der Waals surface area contributed by atoms with E-state index >= 15 is 0 Å². The Labute approximate surface area is 196 Å². The van der Waals surface area contributed by atoms with Crippen LogP contribution in [0.1, 0.15) is 35.2 Å². The number of carbonyl (C=O) groups excluding carboxylic acids is 2. The standard InChI is InChI=1S/C23H25Cl2N3O4/c24-20-12-18(32-17-3-1-14(2-4-17)22(26)30)13-21(25)19(20)11-15-5-10-28(23(15)31)27-8-6-16(29)7-9-27/h1-4,12-13,15-16,29H,5-11H2,(H2,26,30). The van der Waals surface area contributed by atoms with Crippen LogP contribution in [0.25, 0.3) is 0 Å². The number of piperidine rings is 1. The van der Waals surface area contributed by atoms with Crippen molar-refractivity contribution in [3.63, 3.8) is 0 Å². The van der Waals surface area contributed by atoms with E-state index in [-0.39, 0.29) is 17.9 Å². The molecule has 2 aromatic carbocycles. The number of nitrogens with zero attached hydrogens (tertiary/aromatic N) is 2. The van der Waals surface area contributed by atoms with Gasteiger partial charge in [-0.25, -0.2) is 5.01 Å². The molecule has 2 fully saturated rings. The fourth-order valence-corrected chi connectivity index (χ4v) is 4.81. The number of rotatable bonds is 6. The van der Waals surface area contributed by atoms with Crippen molar-refractivity contribution in [2.75, 3.05) is 19.6 Å². The third-order valence-electron chi connectivity index (χ3n) is 6.01. The minimum absolute atomic E-state index is 0.0726. The summed E-state index contributed by atoms with van der Waals surface area (Å²) in [5.41, 5.74) is 6.36. The highest BCUT2D eigenvalue weighted by atomic mass is 35.5. The molecule has 2 aliphatic heterocycles. The molecule has 2 heterocycles. The third-order valence-corrected chi connectivity index (χ3v) is 6.69. The van der Waals surface area contributed by atoms with Gasteiger partial charge in [-0.15, -0.1) is 0 Å². The highest BCUT2D eigenvalue weighted by molar-refractivity contribution is 6.36. The zero-order valence-corrected chi connectivity index (χ0v) is 19.0. The SMILES string of the molecule is NC(=O)c1ccc(Oc2cc(Cl)c(CC3CCN(N4CCC(O)CC4)C3=O)c(Cl)c2)cc1. The molecular formula is C23H25Cl2N3O4. The van der Waals surface area contributed by atoms with Crippen molar-refractivity contribution in [2.45, 2.75) is 31.8 Å². The lowest BCUT2D eigenvalue weighted by molar-refractivity contribution is -0.149. The van der Waals surface area contributed by atoms with E-state index in [4.69, 9.17) is 33.7 Å². The van der Waals surface area contributed by atoms with E-state index in [1.807, 2.05) is 10.0 Å².